The van der Waals surface area contributed by atoms with Crippen molar-refractivity contribution in [2.45, 2.75) is 6.42 Å². The van der Waals surface area contributed by atoms with Crippen LogP contribution in [0.4, 0.5) is 5.69 Å². The van der Waals surface area contributed by atoms with Crippen LogP contribution < -0.4 is 4.72 Å². The van der Waals surface area contributed by atoms with E-state index < -0.39 is 16.0 Å². The quantitative estimate of drug-likeness (QED) is 0.847. The number of rotatable bonds is 6. The van der Waals surface area contributed by atoms with Crippen LogP contribution in [0.3, 0.4) is 0 Å². The first-order valence-electron chi connectivity index (χ1n) is 6.20. The van der Waals surface area contributed by atoms with E-state index in [4.69, 9.17) is 5.11 Å². The third-order valence-corrected chi connectivity index (χ3v) is 4.10. The fraction of sp³-hybridized carbons (Fsp3) is 0.143. The number of aromatic carboxylic acids is 1. The number of hydrogen-bond donors (Lipinski definition) is 2. The molecule has 0 saturated carbocycles. The molecule has 21 heavy (non-hydrogen) atoms. The second-order valence-corrected chi connectivity index (χ2v) is 6.22. The van der Waals surface area contributed by atoms with Crippen molar-refractivity contribution in [3.63, 3.8) is 0 Å². The zero-order valence-corrected chi connectivity index (χ0v) is 11.9. The number of sulfonamides is 1. The minimum absolute atomic E-state index is 0.0692. The molecule has 0 aliphatic carbocycles. The van der Waals surface area contributed by atoms with Crippen LogP contribution in [0.1, 0.15) is 15.9 Å². The number of nitrogens with one attached hydrogen (secondary N) is 1. The van der Waals surface area contributed by atoms with Gasteiger partial charge in [0.25, 0.3) is 0 Å². The summed E-state index contributed by atoms with van der Waals surface area (Å²) in [6.07, 6.45) is 3.51. The van der Waals surface area contributed by atoms with Crippen LogP contribution in [0.5, 0.6) is 0 Å². The molecule has 0 aliphatic heterocycles. The minimum Gasteiger partial charge on any atom is -0.478 e. The van der Waals surface area contributed by atoms with Gasteiger partial charge in [0.1, 0.15) is 0 Å². The number of carboxylic acid groups (broad SMARTS) is 1. The summed E-state index contributed by atoms with van der Waals surface area (Å²) < 4.78 is 26.4. The summed E-state index contributed by atoms with van der Waals surface area (Å²) in [6.45, 7) is 0. The highest BCUT2D eigenvalue weighted by Gasteiger charge is 2.15. The van der Waals surface area contributed by atoms with Crippen molar-refractivity contribution in [3.05, 3.63) is 59.9 Å². The van der Waals surface area contributed by atoms with Crippen LogP contribution in [0.15, 0.2) is 48.8 Å². The summed E-state index contributed by atoms with van der Waals surface area (Å²) >= 11 is 0. The molecule has 110 valence electrons. The van der Waals surface area contributed by atoms with E-state index in [0.717, 1.165) is 5.56 Å². The van der Waals surface area contributed by atoms with Crippen molar-refractivity contribution >= 4 is 21.7 Å². The van der Waals surface area contributed by atoms with Crippen LogP contribution in [-0.4, -0.2) is 30.2 Å². The number of para-hydroxylation sites is 1. The lowest BCUT2D eigenvalue weighted by Crippen LogP contribution is -2.19. The second-order valence-electron chi connectivity index (χ2n) is 4.38. The number of aromatic nitrogens is 1. The number of anilines is 1. The molecule has 7 heteroatoms. The summed E-state index contributed by atoms with van der Waals surface area (Å²) in [5.41, 5.74) is 0.839. The maximum absolute atomic E-state index is 12.0. The van der Waals surface area contributed by atoms with Crippen LogP contribution in [-0.2, 0) is 16.4 Å². The third-order valence-electron chi connectivity index (χ3n) is 2.83. The number of hydrogen-bond acceptors (Lipinski definition) is 4. The van der Waals surface area contributed by atoms with E-state index in [9.17, 15) is 13.2 Å². The Hall–Kier alpha value is -2.41. The van der Waals surface area contributed by atoms with Gasteiger partial charge in [-0.1, -0.05) is 12.1 Å². The van der Waals surface area contributed by atoms with Crippen LogP contribution in [0, 0.1) is 0 Å². The molecule has 0 spiro atoms. The standard InChI is InChI=1S/C14H14N2O4S/c17-14(18)12-3-1-2-4-13(12)16-21(19,20)10-7-11-5-8-15-9-6-11/h1-6,8-9,16H,7,10H2,(H,17,18). The maximum atomic E-state index is 12.0. The highest BCUT2D eigenvalue weighted by Crippen LogP contribution is 2.17. The van der Waals surface area contributed by atoms with Crippen molar-refractivity contribution < 1.29 is 18.3 Å². The molecule has 2 N–H and O–H groups in total. The Labute approximate surface area is 122 Å². The van der Waals surface area contributed by atoms with Gasteiger partial charge in [-0.3, -0.25) is 9.71 Å². The van der Waals surface area contributed by atoms with Gasteiger partial charge in [-0.25, -0.2) is 13.2 Å². The van der Waals surface area contributed by atoms with E-state index in [1.165, 1.54) is 18.2 Å². The van der Waals surface area contributed by atoms with Crippen LogP contribution >= 0.6 is 0 Å². The molecule has 1 heterocycles. The van der Waals surface area contributed by atoms with Crippen molar-refractivity contribution in [1.82, 2.24) is 4.98 Å². The van der Waals surface area contributed by atoms with Crippen LogP contribution in [0.25, 0.3) is 0 Å². The summed E-state index contributed by atoms with van der Waals surface area (Å²) in [7, 11) is -3.62. The molecule has 0 saturated heterocycles. The average Bonchev–Trinajstić information content (AvgIpc) is 2.46. The van der Waals surface area contributed by atoms with Gasteiger partial charge in [0.05, 0.1) is 17.0 Å². The molecule has 0 radical (unpaired) electrons. The Bertz CT molecular complexity index is 730. The topological polar surface area (TPSA) is 96.4 Å². The number of carbonyl (C=O) groups is 1. The number of benzene rings is 1. The first kappa shape index (κ1) is 15.0. The number of carboxylic acids is 1. The first-order valence-corrected chi connectivity index (χ1v) is 7.85. The normalized spacial score (nSPS) is 11.0. The fourth-order valence-corrected chi connectivity index (χ4v) is 2.90. The third kappa shape index (κ3) is 4.28. The molecule has 1 aromatic carbocycles. The Balaban J connectivity index is 2.10. The Morgan fingerprint density at radius 2 is 1.81 bits per heavy atom. The molecule has 6 nitrogen and oxygen atoms in total. The maximum Gasteiger partial charge on any atom is 0.337 e. The van der Waals surface area contributed by atoms with Gasteiger partial charge in [-0.05, 0) is 36.2 Å². The Morgan fingerprint density at radius 3 is 2.48 bits per heavy atom. The zero-order valence-electron chi connectivity index (χ0n) is 11.1. The van der Waals surface area contributed by atoms with E-state index >= 15 is 0 Å². The SMILES string of the molecule is O=C(O)c1ccccc1NS(=O)(=O)CCc1ccncc1. The van der Waals surface area contributed by atoms with Gasteiger partial charge in [0.2, 0.25) is 10.0 Å². The molecule has 2 aromatic rings. The predicted octanol–water partition coefficient (Wildman–Crippen LogP) is 1.76. The lowest BCUT2D eigenvalue weighted by molar-refractivity contribution is 0.0698. The van der Waals surface area contributed by atoms with E-state index in [0.29, 0.717) is 6.42 Å². The largest absolute Gasteiger partial charge is 0.478 e. The smallest absolute Gasteiger partial charge is 0.337 e. The van der Waals surface area contributed by atoms with Crippen LogP contribution in [0.2, 0.25) is 0 Å². The van der Waals surface area contributed by atoms with Gasteiger partial charge >= 0.3 is 5.97 Å². The van der Waals surface area contributed by atoms with Gasteiger partial charge in [0.15, 0.2) is 0 Å². The lowest BCUT2D eigenvalue weighted by atomic mass is 10.2. The molecule has 0 amide bonds. The highest BCUT2D eigenvalue weighted by atomic mass is 32.2. The highest BCUT2D eigenvalue weighted by molar-refractivity contribution is 7.92. The minimum atomic E-state index is -3.62. The average molecular weight is 306 g/mol. The number of nitrogens with zero attached hydrogens (tertiary/aromatic N) is 1. The van der Waals surface area contributed by atoms with E-state index in [-0.39, 0.29) is 17.0 Å². The summed E-state index contributed by atoms with van der Waals surface area (Å²) in [5, 5.41) is 9.03. The van der Waals surface area contributed by atoms with Gasteiger partial charge < -0.3 is 5.11 Å². The second kappa shape index (κ2) is 6.36. The van der Waals surface area contributed by atoms with Crippen molar-refractivity contribution in [1.29, 1.82) is 0 Å². The van der Waals surface area contributed by atoms with Gasteiger partial charge in [-0.15, -0.1) is 0 Å². The molecule has 0 fully saturated rings. The number of pyridine rings is 1. The molecular weight excluding hydrogens is 292 g/mol. The fourth-order valence-electron chi connectivity index (χ4n) is 1.78. The van der Waals surface area contributed by atoms with E-state index in [1.54, 1.807) is 30.6 Å². The summed E-state index contributed by atoms with van der Waals surface area (Å²) in [5.74, 6) is -1.31. The van der Waals surface area contributed by atoms with Crippen molar-refractivity contribution in [2.24, 2.45) is 0 Å². The molecule has 0 atom stereocenters. The predicted molar refractivity (Wildman–Crippen MR) is 78.8 cm³/mol. The Morgan fingerprint density at radius 1 is 1.14 bits per heavy atom. The van der Waals surface area contributed by atoms with Crippen molar-refractivity contribution in [2.75, 3.05) is 10.5 Å². The zero-order chi connectivity index (χ0) is 15.3. The lowest BCUT2D eigenvalue weighted by Gasteiger charge is -2.10. The monoisotopic (exact) mass is 306 g/mol. The van der Waals surface area contributed by atoms with Crippen molar-refractivity contribution in [3.8, 4) is 0 Å². The molecule has 1 aromatic heterocycles. The molecule has 0 bridgehead atoms. The molecule has 0 aliphatic rings. The number of aryl methyl sites for hydroxylation is 1. The Kier molecular flexibility index (Phi) is 4.54. The summed E-state index contributed by atoms with van der Waals surface area (Å²) in [6, 6.07) is 9.36. The summed E-state index contributed by atoms with van der Waals surface area (Å²) in [4.78, 5) is 14.9. The van der Waals surface area contributed by atoms with E-state index in [1.807, 2.05) is 0 Å². The van der Waals surface area contributed by atoms with E-state index in [2.05, 4.69) is 9.71 Å². The molecule has 0 unspecified atom stereocenters. The molecular formula is C14H14N2O4S. The molecule has 2 rings (SSSR count). The van der Waals surface area contributed by atoms with Gasteiger partial charge in [0, 0.05) is 12.4 Å². The van der Waals surface area contributed by atoms with Gasteiger partial charge in [-0.2, -0.15) is 0 Å². The first-order chi connectivity index (χ1) is 9.98.